The lowest BCUT2D eigenvalue weighted by molar-refractivity contribution is 0.336. The van der Waals surface area contributed by atoms with E-state index in [0.717, 1.165) is 5.92 Å². The molecular formula is C14H21FN2O. The first-order valence-electron chi connectivity index (χ1n) is 6.45. The Morgan fingerprint density at radius 2 is 2.22 bits per heavy atom. The highest BCUT2D eigenvalue weighted by molar-refractivity contribution is 5.31. The molecule has 0 radical (unpaired) electrons. The van der Waals surface area contributed by atoms with Gasteiger partial charge < -0.3 is 4.74 Å². The summed E-state index contributed by atoms with van der Waals surface area (Å²) in [5.41, 5.74) is 3.49. The molecule has 3 nitrogen and oxygen atoms in total. The number of nitrogens with one attached hydrogen (secondary N) is 1. The summed E-state index contributed by atoms with van der Waals surface area (Å²) in [5, 5.41) is 0. The molecule has 1 aromatic rings. The fourth-order valence-corrected chi connectivity index (χ4v) is 2.46. The van der Waals surface area contributed by atoms with Gasteiger partial charge >= 0.3 is 0 Å². The Balaban J connectivity index is 2.11. The van der Waals surface area contributed by atoms with Crippen LogP contribution in [-0.2, 0) is 6.42 Å². The molecule has 0 heterocycles. The number of benzene rings is 1. The Labute approximate surface area is 107 Å². The van der Waals surface area contributed by atoms with E-state index in [1.54, 1.807) is 12.1 Å². The van der Waals surface area contributed by atoms with Crippen LogP contribution in [0.3, 0.4) is 0 Å². The monoisotopic (exact) mass is 252 g/mol. The Kier molecular flexibility index (Phi) is 4.19. The van der Waals surface area contributed by atoms with Crippen molar-refractivity contribution >= 4 is 0 Å². The highest BCUT2D eigenvalue weighted by Gasteiger charge is 2.33. The van der Waals surface area contributed by atoms with Gasteiger partial charge in [-0.05, 0) is 42.7 Å². The highest BCUT2D eigenvalue weighted by atomic mass is 19.1. The van der Waals surface area contributed by atoms with Crippen molar-refractivity contribution in [2.75, 3.05) is 7.11 Å². The molecule has 1 aromatic carbocycles. The quantitative estimate of drug-likeness (QED) is 0.603. The first-order valence-corrected chi connectivity index (χ1v) is 6.45. The summed E-state index contributed by atoms with van der Waals surface area (Å²) in [6.45, 7) is 2.18. The predicted octanol–water partition coefficient (Wildman–Crippen LogP) is 2.25. The smallest absolute Gasteiger partial charge is 0.168 e. The highest BCUT2D eigenvalue weighted by Crippen LogP contribution is 2.39. The minimum absolute atomic E-state index is 0.110. The maximum Gasteiger partial charge on any atom is 0.168 e. The third-order valence-corrected chi connectivity index (χ3v) is 3.92. The van der Waals surface area contributed by atoms with Crippen LogP contribution in [-0.4, -0.2) is 13.2 Å². The number of methoxy groups -OCH3 is 1. The molecule has 0 spiro atoms. The molecule has 4 heteroatoms. The van der Waals surface area contributed by atoms with Crippen molar-refractivity contribution in [2.45, 2.75) is 32.2 Å². The molecule has 0 bridgehead atoms. The van der Waals surface area contributed by atoms with Crippen LogP contribution >= 0.6 is 0 Å². The Morgan fingerprint density at radius 1 is 1.50 bits per heavy atom. The molecule has 0 aromatic heterocycles. The summed E-state index contributed by atoms with van der Waals surface area (Å²) in [5.74, 6) is 6.83. The number of halogens is 1. The molecule has 18 heavy (non-hydrogen) atoms. The van der Waals surface area contributed by atoms with Gasteiger partial charge in [-0.25, -0.2) is 4.39 Å². The van der Waals surface area contributed by atoms with E-state index in [2.05, 4.69) is 12.3 Å². The maximum absolute atomic E-state index is 14.1. The zero-order valence-corrected chi connectivity index (χ0v) is 10.9. The van der Waals surface area contributed by atoms with Crippen LogP contribution in [0.15, 0.2) is 18.2 Å². The van der Waals surface area contributed by atoms with Crippen molar-refractivity contribution < 1.29 is 9.13 Å². The van der Waals surface area contributed by atoms with Gasteiger partial charge in [0.05, 0.1) is 7.11 Å². The SMILES string of the molecule is COc1cccc(CC(NN)C(C)C2CC2)c1F. The molecule has 0 amide bonds. The van der Waals surface area contributed by atoms with E-state index in [4.69, 9.17) is 10.6 Å². The number of hydrogen-bond donors (Lipinski definition) is 2. The lowest BCUT2D eigenvalue weighted by atomic mass is 9.91. The van der Waals surface area contributed by atoms with Crippen molar-refractivity contribution in [2.24, 2.45) is 17.7 Å². The standard InChI is InChI=1S/C14H21FN2O/c1-9(10-6-7-10)12(17-16)8-11-4-3-5-13(18-2)14(11)15/h3-5,9-10,12,17H,6-8,16H2,1-2H3. The third-order valence-electron chi connectivity index (χ3n) is 3.92. The summed E-state index contributed by atoms with van der Waals surface area (Å²) in [6, 6.07) is 5.35. The summed E-state index contributed by atoms with van der Waals surface area (Å²) in [7, 11) is 1.48. The molecule has 2 atom stereocenters. The number of ether oxygens (including phenoxy) is 1. The molecule has 0 saturated heterocycles. The van der Waals surface area contributed by atoms with Gasteiger partial charge in [-0.1, -0.05) is 19.1 Å². The number of hydrogen-bond acceptors (Lipinski definition) is 3. The average molecular weight is 252 g/mol. The molecule has 2 unspecified atom stereocenters. The van der Waals surface area contributed by atoms with Crippen molar-refractivity contribution in [1.82, 2.24) is 5.43 Å². The van der Waals surface area contributed by atoms with Crippen LogP contribution in [0.1, 0.15) is 25.3 Å². The van der Waals surface area contributed by atoms with Crippen molar-refractivity contribution in [3.63, 3.8) is 0 Å². The number of hydrazine groups is 1. The molecule has 2 rings (SSSR count). The van der Waals surface area contributed by atoms with Gasteiger partial charge in [0.1, 0.15) is 0 Å². The van der Waals surface area contributed by atoms with E-state index in [0.29, 0.717) is 23.7 Å². The predicted molar refractivity (Wildman–Crippen MR) is 69.7 cm³/mol. The minimum atomic E-state index is -0.275. The summed E-state index contributed by atoms with van der Waals surface area (Å²) >= 11 is 0. The van der Waals surface area contributed by atoms with E-state index in [-0.39, 0.29) is 11.9 Å². The van der Waals surface area contributed by atoms with E-state index in [1.807, 2.05) is 6.07 Å². The van der Waals surface area contributed by atoms with Gasteiger partial charge in [0.2, 0.25) is 0 Å². The lowest BCUT2D eigenvalue weighted by Crippen LogP contribution is -2.42. The molecule has 1 fully saturated rings. The third kappa shape index (κ3) is 2.82. The second-order valence-electron chi connectivity index (χ2n) is 5.11. The first kappa shape index (κ1) is 13.3. The van der Waals surface area contributed by atoms with Gasteiger partial charge in [-0.15, -0.1) is 0 Å². The summed E-state index contributed by atoms with van der Waals surface area (Å²) in [6.07, 6.45) is 3.12. The van der Waals surface area contributed by atoms with Gasteiger partial charge in [-0.3, -0.25) is 11.3 Å². The van der Waals surface area contributed by atoms with Crippen molar-refractivity contribution in [3.8, 4) is 5.75 Å². The molecular weight excluding hydrogens is 231 g/mol. The average Bonchev–Trinajstić information content (AvgIpc) is 3.21. The van der Waals surface area contributed by atoms with Crippen molar-refractivity contribution in [1.29, 1.82) is 0 Å². The largest absolute Gasteiger partial charge is 0.494 e. The van der Waals surface area contributed by atoms with Crippen LogP contribution in [0.25, 0.3) is 0 Å². The van der Waals surface area contributed by atoms with E-state index in [1.165, 1.54) is 20.0 Å². The summed E-state index contributed by atoms with van der Waals surface area (Å²) < 4.78 is 19.1. The topological polar surface area (TPSA) is 47.3 Å². The minimum Gasteiger partial charge on any atom is -0.494 e. The fourth-order valence-electron chi connectivity index (χ4n) is 2.46. The van der Waals surface area contributed by atoms with Gasteiger partial charge in [0.25, 0.3) is 0 Å². The zero-order valence-electron chi connectivity index (χ0n) is 10.9. The van der Waals surface area contributed by atoms with Crippen LogP contribution in [0.4, 0.5) is 4.39 Å². The Bertz CT molecular complexity index is 407. The number of rotatable bonds is 6. The Morgan fingerprint density at radius 3 is 2.78 bits per heavy atom. The number of nitrogens with two attached hydrogens (primary N) is 1. The van der Waals surface area contributed by atoms with Crippen LogP contribution in [0.5, 0.6) is 5.75 Å². The van der Waals surface area contributed by atoms with Crippen LogP contribution in [0, 0.1) is 17.7 Å². The lowest BCUT2D eigenvalue weighted by Gasteiger charge is -2.23. The first-order chi connectivity index (χ1) is 8.67. The van der Waals surface area contributed by atoms with Gasteiger partial charge in [0.15, 0.2) is 11.6 Å². The second kappa shape index (κ2) is 5.67. The second-order valence-corrected chi connectivity index (χ2v) is 5.11. The maximum atomic E-state index is 14.1. The molecule has 100 valence electrons. The van der Waals surface area contributed by atoms with Gasteiger partial charge in [0, 0.05) is 6.04 Å². The molecule has 3 N–H and O–H groups in total. The fraction of sp³-hybridized carbons (Fsp3) is 0.571. The zero-order chi connectivity index (χ0) is 13.1. The molecule has 1 saturated carbocycles. The Hall–Kier alpha value is -1.13. The van der Waals surface area contributed by atoms with Crippen LogP contribution < -0.4 is 16.0 Å². The normalized spacial score (nSPS) is 18.4. The van der Waals surface area contributed by atoms with Crippen LogP contribution in [0.2, 0.25) is 0 Å². The van der Waals surface area contributed by atoms with E-state index >= 15 is 0 Å². The van der Waals surface area contributed by atoms with Gasteiger partial charge in [-0.2, -0.15) is 0 Å². The molecule has 1 aliphatic rings. The van der Waals surface area contributed by atoms with Crippen molar-refractivity contribution in [3.05, 3.63) is 29.6 Å². The molecule has 0 aliphatic heterocycles. The summed E-state index contributed by atoms with van der Waals surface area (Å²) in [4.78, 5) is 0. The van der Waals surface area contributed by atoms with E-state index < -0.39 is 0 Å². The van der Waals surface area contributed by atoms with E-state index in [9.17, 15) is 4.39 Å². The molecule has 1 aliphatic carbocycles.